The van der Waals surface area contributed by atoms with E-state index in [2.05, 4.69) is 18.0 Å². The summed E-state index contributed by atoms with van der Waals surface area (Å²) in [5.41, 5.74) is 2.06. The summed E-state index contributed by atoms with van der Waals surface area (Å²) in [7, 11) is 0. The first-order chi connectivity index (χ1) is 13.2. The highest BCUT2D eigenvalue weighted by molar-refractivity contribution is 5.87. The van der Waals surface area contributed by atoms with Crippen LogP contribution in [0.25, 0.3) is 10.8 Å². The molecule has 1 heterocycles. The summed E-state index contributed by atoms with van der Waals surface area (Å²) in [6.07, 6.45) is 6.31. The summed E-state index contributed by atoms with van der Waals surface area (Å²) in [6.45, 7) is 4.05. The SMILES string of the molecule is CCCCC(OC(C)=O)c1cccc(COc2cccc3cnccc23)c1. The average Bonchev–Trinajstić information content (AvgIpc) is 2.69. The van der Waals surface area contributed by atoms with Crippen molar-refractivity contribution in [3.63, 3.8) is 0 Å². The quantitative estimate of drug-likeness (QED) is 0.488. The standard InChI is InChI=1S/C23H25NO3/c1-3-4-10-22(27-17(2)25)19-8-5-7-18(14-19)16-26-23-11-6-9-20-15-24-13-12-21(20)23/h5-9,11-15,22H,3-4,10,16H2,1-2H3. The molecule has 0 N–H and O–H groups in total. The van der Waals surface area contributed by atoms with Gasteiger partial charge in [0.2, 0.25) is 0 Å². The minimum absolute atomic E-state index is 0.203. The first-order valence-electron chi connectivity index (χ1n) is 9.39. The minimum atomic E-state index is -0.248. The van der Waals surface area contributed by atoms with Gasteiger partial charge < -0.3 is 9.47 Å². The second-order valence-electron chi connectivity index (χ2n) is 6.63. The second-order valence-corrected chi connectivity index (χ2v) is 6.63. The fourth-order valence-corrected chi connectivity index (χ4v) is 3.15. The fraction of sp³-hybridized carbons (Fsp3) is 0.304. The number of aromatic nitrogens is 1. The molecular weight excluding hydrogens is 338 g/mol. The molecule has 0 amide bonds. The molecule has 3 rings (SSSR count). The van der Waals surface area contributed by atoms with Crippen molar-refractivity contribution in [2.75, 3.05) is 0 Å². The van der Waals surface area contributed by atoms with Gasteiger partial charge in [-0.3, -0.25) is 9.78 Å². The van der Waals surface area contributed by atoms with Gasteiger partial charge in [0.25, 0.3) is 0 Å². The predicted octanol–water partition coefficient (Wildman–Crippen LogP) is 5.61. The molecule has 0 saturated carbocycles. The zero-order valence-corrected chi connectivity index (χ0v) is 15.9. The molecule has 0 saturated heterocycles. The molecule has 0 aliphatic heterocycles. The maximum absolute atomic E-state index is 11.5. The molecule has 4 nitrogen and oxygen atoms in total. The summed E-state index contributed by atoms with van der Waals surface area (Å²) in [4.78, 5) is 15.6. The van der Waals surface area contributed by atoms with Gasteiger partial charge in [-0.25, -0.2) is 0 Å². The van der Waals surface area contributed by atoms with Crippen LogP contribution in [0, 0.1) is 0 Å². The molecule has 0 radical (unpaired) electrons. The minimum Gasteiger partial charge on any atom is -0.488 e. The van der Waals surface area contributed by atoms with Crippen LogP contribution in [0.5, 0.6) is 5.75 Å². The Labute approximate surface area is 160 Å². The van der Waals surface area contributed by atoms with Gasteiger partial charge >= 0.3 is 5.97 Å². The van der Waals surface area contributed by atoms with Crippen LogP contribution >= 0.6 is 0 Å². The number of esters is 1. The van der Waals surface area contributed by atoms with Crippen LogP contribution in [0.4, 0.5) is 0 Å². The highest BCUT2D eigenvalue weighted by atomic mass is 16.5. The number of hydrogen-bond donors (Lipinski definition) is 0. The van der Waals surface area contributed by atoms with Crippen LogP contribution in [0.1, 0.15) is 50.3 Å². The number of pyridine rings is 1. The van der Waals surface area contributed by atoms with E-state index in [-0.39, 0.29) is 12.1 Å². The third-order valence-electron chi connectivity index (χ3n) is 4.49. The third-order valence-corrected chi connectivity index (χ3v) is 4.49. The Hall–Kier alpha value is -2.88. The summed E-state index contributed by atoms with van der Waals surface area (Å²) in [5.74, 6) is 0.588. The monoisotopic (exact) mass is 363 g/mol. The Morgan fingerprint density at radius 3 is 2.81 bits per heavy atom. The van der Waals surface area contributed by atoms with Gasteiger partial charge in [0, 0.05) is 30.1 Å². The van der Waals surface area contributed by atoms with E-state index in [1.165, 1.54) is 6.92 Å². The Morgan fingerprint density at radius 2 is 2.00 bits per heavy atom. The van der Waals surface area contributed by atoms with Crippen molar-refractivity contribution in [3.8, 4) is 5.75 Å². The number of carbonyl (C=O) groups is 1. The number of unbranched alkanes of at least 4 members (excludes halogenated alkanes) is 1. The Morgan fingerprint density at radius 1 is 1.15 bits per heavy atom. The summed E-state index contributed by atoms with van der Waals surface area (Å²) < 4.78 is 11.6. The Bertz CT molecular complexity index is 902. The highest BCUT2D eigenvalue weighted by Gasteiger charge is 2.15. The van der Waals surface area contributed by atoms with Gasteiger partial charge in [0.05, 0.1) is 0 Å². The van der Waals surface area contributed by atoms with Crippen LogP contribution in [0.3, 0.4) is 0 Å². The molecule has 0 aliphatic rings. The number of ether oxygens (including phenoxy) is 2. The molecule has 1 unspecified atom stereocenters. The van der Waals surface area contributed by atoms with Crippen molar-refractivity contribution in [1.29, 1.82) is 0 Å². The molecule has 3 aromatic rings. The van der Waals surface area contributed by atoms with E-state index in [4.69, 9.17) is 9.47 Å². The van der Waals surface area contributed by atoms with Gasteiger partial charge in [-0.05, 0) is 42.2 Å². The smallest absolute Gasteiger partial charge is 0.303 e. The Kier molecular flexibility index (Phi) is 6.42. The van der Waals surface area contributed by atoms with Crippen molar-refractivity contribution in [2.24, 2.45) is 0 Å². The lowest BCUT2D eigenvalue weighted by Gasteiger charge is -2.18. The van der Waals surface area contributed by atoms with Gasteiger partial charge in [-0.2, -0.15) is 0 Å². The van der Waals surface area contributed by atoms with Crippen molar-refractivity contribution in [3.05, 3.63) is 72.1 Å². The first-order valence-corrected chi connectivity index (χ1v) is 9.39. The van der Waals surface area contributed by atoms with Gasteiger partial charge in [-0.15, -0.1) is 0 Å². The maximum atomic E-state index is 11.5. The van der Waals surface area contributed by atoms with E-state index in [0.29, 0.717) is 6.61 Å². The van der Waals surface area contributed by atoms with E-state index in [9.17, 15) is 4.79 Å². The lowest BCUT2D eigenvalue weighted by molar-refractivity contribution is -0.147. The number of hydrogen-bond acceptors (Lipinski definition) is 4. The summed E-state index contributed by atoms with van der Waals surface area (Å²) >= 11 is 0. The lowest BCUT2D eigenvalue weighted by atomic mass is 10.0. The van der Waals surface area contributed by atoms with Crippen LogP contribution in [0.2, 0.25) is 0 Å². The summed E-state index contributed by atoms with van der Waals surface area (Å²) in [6, 6.07) is 16.0. The van der Waals surface area contributed by atoms with Gasteiger partial charge in [-0.1, -0.05) is 43.7 Å². The predicted molar refractivity (Wildman–Crippen MR) is 107 cm³/mol. The molecule has 0 bridgehead atoms. The fourth-order valence-electron chi connectivity index (χ4n) is 3.15. The van der Waals surface area contributed by atoms with Gasteiger partial charge in [0.15, 0.2) is 0 Å². The summed E-state index contributed by atoms with van der Waals surface area (Å²) in [5, 5.41) is 2.10. The maximum Gasteiger partial charge on any atom is 0.303 e. The molecular formula is C23H25NO3. The van der Waals surface area contributed by atoms with Crippen LogP contribution in [-0.4, -0.2) is 11.0 Å². The molecule has 1 aromatic heterocycles. The largest absolute Gasteiger partial charge is 0.488 e. The number of nitrogens with zero attached hydrogens (tertiary/aromatic N) is 1. The number of fused-ring (bicyclic) bond motifs is 1. The zero-order chi connectivity index (χ0) is 19.1. The van der Waals surface area contributed by atoms with Crippen molar-refractivity contribution < 1.29 is 14.3 Å². The van der Waals surface area contributed by atoms with Crippen LogP contribution < -0.4 is 4.74 Å². The number of rotatable bonds is 8. The van der Waals surface area contributed by atoms with Crippen LogP contribution in [-0.2, 0) is 16.1 Å². The normalized spacial score (nSPS) is 11.9. The van der Waals surface area contributed by atoms with Crippen LogP contribution in [0.15, 0.2) is 60.9 Å². The van der Waals surface area contributed by atoms with Crippen molar-refractivity contribution in [2.45, 2.75) is 45.8 Å². The molecule has 140 valence electrons. The van der Waals surface area contributed by atoms with E-state index >= 15 is 0 Å². The molecule has 0 fully saturated rings. The molecule has 0 spiro atoms. The van der Waals surface area contributed by atoms with E-state index < -0.39 is 0 Å². The molecule has 4 heteroatoms. The average molecular weight is 363 g/mol. The molecule has 2 aromatic carbocycles. The lowest BCUT2D eigenvalue weighted by Crippen LogP contribution is -2.09. The second kappa shape index (κ2) is 9.17. The number of carbonyl (C=O) groups excluding carboxylic acids is 1. The van der Waals surface area contributed by atoms with Crippen molar-refractivity contribution in [1.82, 2.24) is 4.98 Å². The number of benzene rings is 2. The molecule has 0 aliphatic carbocycles. The first kappa shape index (κ1) is 18.9. The third kappa shape index (κ3) is 5.07. The topological polar surface area (TPSA) is 48.4 Å². The van der Waals surface area contributed by atoms with Crippen molar-refractivity contribution >= 4 is 16.7 Å². The zero-order valence-electron chi connectivity index (χ0n) is 15.9. The Balaban J connectivity index is 1.75. The van der Waals surface area contributed by atoms with E-state index in [1.807, 2.05) is 48.7 Å². The molecule has 1 atom stereocenters. The van der Waals surface area contributed by atoms with Gasteiger partial charge in [0.1, 0.15) is 18.5 Å². The highest BCUT2D eigenvalue weighted by Crippen LogP contribution is 2.27. The van der Waals surface area contributed by atoms with E-state index in [0.717, 1.165) is 46.9 Å². The van der Waals surface area contributed by atoms with E-state index in [1.54, 1.807) is 6.20 Å². The molecule has 27 heavy (non-hydrogen) atoms.